The number of nitrogens with zero attached hydrogens (tertiary/aromatic N) is 2. The van der Waals surface area contributed by atoms with Crippen LogP contribution in [0.25, 0.3) is 0 Å². The molecular formula is C25H36N2O2. The van der Waals surface area contributed by atoms with Gasteiger partial charge in [-0.1, -0.05) is 24.3 Å². The lowest BCUT2D eigenvalue weighted by Gasteiger charge is -2.44. The van der Waals surface area contributed by atoms with Crippen molar-refractivity contribution in [2.45, 2.75) is 58.5 Å². The number of amides is 1. The van der Waals surface area contributed by atoms with E-state index in [1.807, 2.05) is 17.0 Å². The minimum absolute atomic E-state index is 0.0523. The Morgan fingerprint density at radius 3 is 2.48 bits per heavy atom. The second-order valence-corrected chi connectivity index (χ2v) is 9.57. The van der Waals surface area contributed by atoms with Crippen molar-refractivity contribution in [3.63, 3.8) is 0 Å². The van der Waals surface area contributed by atoms with Crippen molar-refractivity contribution in [2.75, 3.05) is 31.1 Å². The third-order valence-electron chi connectivity index (χ3n) is 7.37. The van der Waals surface area contributed by atoms with Gasteiger partial charge in [0.2, 0.25) is 0 Å². The van der Waals surface area contributed by atoms with Gasteiger partial charge in [-0.15, -0.1) is 0 Å². The minimum atomic E-state index is -0.156. The Labute approximate surface area is 175 Å². The van der Waals surface area contributed by atoms with Crippen LogP contribution >= 0.6 is 0 Å². The van der Waals surface area contributed by atoms with Crippen LogP contribution in [0.5, 0.6) is 0 Å². The zero-order valence-electron chi connectivity index (χ0n) is 18.1. The number of carbonyl (C=O) groups excluding carboxylic acids is 1. The molecule has 5 rings (SSSR count). The normalized spacial score (nSPS) is 31.3. The highest BCUT2D eigenvalue weighted by atomic mass is 16.6. The highest BCUT2D eigenvalue weighted by Gasteiger charge is 2.38. The fourth-order valence-electron chi connectivity index (χ4n) is 5.41. The predicted molar refractivity (Wildman–Crippen MR) is 118 cm³/mol. The summed E-state index contributed by atoms with van der Waals surface area (Å²) >= 11 is 0. The van der Waals surface area contributed by atoms with Gasteiger partial charge < -0.3 is 4.74 Å². The fourth-order valence-corrected chi connectivity index (χ4v) is 5.41. The van der Waals surface area contributed by atoms with Gasteiger partial charge in [-0.25, -0.2) is 4.79 Å². The number of benzene rings is 1. The molecule has 1 aliphatic carbocycles. The highest BCUT2D eigenvalue weighted by molar-refractivity contribution is 5.87. The molecule has 4 nitrogen and oxygen atoms in total. The number of piperidine rings is 3. The molecule has 29 heavy (non-hydrogen) atoms. The molecule has 1 atom stereocenters. The number of hydrogen-bond acceptors (Lipinski definition) is 3. The quantitative estimate of drug-likeness (QED) is 0.624. The third kappa shape index (κ3) is 4.85. The van der Waals surface area contributed by atoms with Gasteiger partial charge in [0, 0.05) is 18.8 Å². The summed E-state index contributed by atoms with van der Waals surface area (Å²) in [4.78, 5) is 17.7. The van der Waals surface area contributed by atoms with Crippen molar-refractivity contribution in [3.8, 4) is 0 Å². The molecule has 1 aromatic rings. The van der Waals surface area contributed by atoms with E-state index in [2.05, 4.69) is 37.5 Å². The van der Waals surface area contributed by atoms with E-state index < -0.39 is 0 Å². The summed E-state index contributed by atoms with van der Waals surface area (Å²) in [7, 11) is 0. The Bertz CT molecular complexity index is 730. The average molecular weight is 397 g/mol. The van der Waals surface area contributed by atoms with Crippen LogP contribution in [-0.4, -0.2) is 43.3 Å². The van der Waals surface area contributed by atoms with Crippen molar-refractivity contribution in [2.24, 2.45) is 17.8 Å². The topological polar surface area (TPSA) is 32.8 Å². The molecule has 158 valence electrons. The van der Waals surface area contributed by atoms with Crippen molar-refractivity contribution in [1.82, 2.24) is 4.90 Å². The number of hydrogen-bond donors (Lipinski definition) is 0. The van der Waals surface area contributed by atoms with Gasteiger partial charge in [0.15, 0.2) is 0 Å². The van der Waals surface area contributed by atoms with Gasteiger partial charge in [-0.05, 0) is 101 Å². The number of aryl methyl sites for hydroxylation is 1. The largest absolute Gasteiger partial charge is 0.444 e. The summed E-state index contributed by atoms with van der Waals surface area (Å²) in [5, 5.41) is 0. The van der Waals surface area contributed by atoms with Crippen molar-refractivity contribution < 1.29 is 9.53 Å². The molecule has 3 aliphatic heterocycles. The van der Waals surface area contributed by atoms with Crippen LogP contribution in [-0.2, 0) is 4.74 Å². The second kappa shape index (κ2) is 8.91. The van der Waals surface area contributed by atoms with E-state index in [1.165, 1.54) is 24.0 Å². The summed E-state index contributed by atoms with van der Waals surface area (Å²) in [5.41, 5.74) is 3.45. The molecule has 1 amide bonds. The van der Waals surface area contributed by atoms with Crippen LogP contribution in [0.4, 0.5) is 10.5 Å². The molecule has 1 saturated carbocycles. The summed E-state index contributed by atoms with van der Waals surface area (Å²) in [6.45, 7) is 12.4. The van der Waals surface area contributed by atoms with Crippen LogP contribution in [0.1, 0.15) is 51.0 Å². The zero-order chi connectivity index (χ0) is 20.4. The predicted octanol–water partition coefficient (Wildman–Crippen LogP) is 5.41. The van der Waals surface area contributed by atoms with Gasteiger partial charge in [-0.3, -0.25) is 9.80 Å². The zero-order valence-corrected chi connectivity index (χ0v) is 18.1. The van der Waals surface area contributed by atoms with E-state index in [4.69, 9.17) is 4.74 Å². The van der Waals surface area contributed by atoms with E-state index in [0.717, 1.165) is 57.5 Å². The first kappa shape index (κ1) is 20.5. The molecule has 4 aliphatic rings. The number of allylic oxidation sites excluding steroid dienone is 1. The molecule has 4 fully saturated rings. The Kier molecular flexibility index (Phi) is 6.29. The number of rotatable bonds is 5. The van der Waals surface area contributed by atoms with Crippen LogP contribution in [0.3, 0.4) is 0 Å². The van der Waals surface area contributed by atoms with Gasteiger partial charge in [0.25, 0.3) is 0 Å². The summed E-state index contributed by atoms with van der Waals surface area (Å²) in [6.07, 6.45) is 6.92. The van der Waals surface area contributed by atoms with Crippen molar-refractivity contribution in [1.29, 1.82) is 0 Å². The minimum Gasteiger partial charge on any atom is -0.444 e. The number of fused-ring (bicyclic) bond motifs is 3. The van der Waals surface area contributed by atoms with Gasteiger partial charge in [-0.2, -0.15) is 0 Å². The summed E-state index contributed by atoms with van der Waals surface area (Å²) in [6, 6.07) is 8.28. The Balaban J connectivity index is 1.45. The lowest BCUT2D eigenvalue weighted by Crippen LogP contribution is -2.53. The summed E-state index contributed by atoms with van der Waals surface area (Å²) in [5.74, 6) is 1.72. The summed E-state index contributed by atoms with van der Waals surface area (Å²) < 4.78 is 6.11. The molecule has 1 unspecified atom stereocenters. The maximum absolute atomic E-state index is 13.3. The Morgan fingerprint density at radius 2 is 1.90 bits per heavy atom. The van der Waals surface area contributed by atoms with Gasteiger partial charge >= 0.3 is 6.09 Å². The molecule has 1 aromatic carbocycles. The van der Waals surface area contributed by atoms with Crippen molar-refractivity contribution >= 4 is 11.8 Å². The SMILES string of the molecule is C=C(C)C1CCC(CN(C(=O)OC2CN3CCC2CC3)c2cccc(C)c2)CC1. The van der Waals surface area contributed by atoms with Crippen LogP contribution in [0, 0.1) is 24.7 Å². The maximum atomic E-state index is 13.3. The number of carbonyl (C=O) groups is 1. The molecular weight excluding hydrogens is 360 g/mol. The van der Waals surface area contributed by atoms with Crippen LogP contribution < -0.4 is 4.90 Å². The van der Waals surface area contributed by atoms with Crippen LogP contribution in [0.2, 0.25) is 0 Å². The van der Waals surface area contributed by atoms with E-state index in [-0.39, 0.29) is 12.2 Å². The van der Waals surface area contributed by atoms with E-state index in [9.17, 15) is 4.79 Å². The first-order chi connectivity index (χ1) is 14.0. The molecule has 3 heterocycles. The Hall–Kier alpha value is -1.81. The number of ether oxygens (including phenoxy) is 1. The number of anilines is 1. The van der Waals surface area contributed by atoms with Gasteiger partial charge in [0.05, 0.1) is 0 Å². The van der Waals surface area contributed by atoms with Crippen molar-refractivity contribution in [3.05, 3.63) is 42.0 Å². The molecule has 2 bridgehead atoms. The third-order valence-corrected chi connectivity index (χ3v) is 7.37. The Morgan fingerprint density at radius 1 is 1.17 bits per heavy atom. The monoisotopic (exact) mass is 396 g/mol. The van der Waals surface area contributed by atoms with Gasteiger partial charge in [0.1, 0.15) is 6.10 Å². The van der Waals surface area contributed by atoms with Crippen LogP contribution in [0.15, 0.2) is 36.4 Å². The smallest absolute Gasteiger partial charge is 0.414 e. The first-order valence-electron chi connectivity index (χ1n) is 11.4. The molecule has 0 radical (unpaired) electrons. The lowest BCUT2D eigenvalue weighted by atomic mass is 9.79. The van der Waals surface area contributed by atoms with E-state index >= 15 is 0 Å². The average Bonchev–Trinajstić information content (AvgIpc) is 2.73. The van der Waals surface area contributed by atoms with E-state index in [1.54, 1.807) is 0 Å². The highest BCUT2D eigenvalue weighted by Crippen LogP contribution is 2.35. The fraction of sp³-hybridized carbons (Fsp3) is 0.640. The standard InChI is InChI=1S/C25H36N2O2/c1-18(2)21-9-7-20(8-10-21)16-27(23-6-4-5-19(3)15-23)25(28)29-24-17-26-13-11-22(24)12-14-26/h4-6,15,20-22,24H,1,7-14,16-17H2,2-3H3. The molecule has 0 aromatic heterocycles. The molecule has 0 N–H and O–H groups in total. The first-order valence-corrected chi connectivity index (χ1v) is 11.4. The van der Waals surface area contributed by atoms with E-state index in [0.29, 0.717) is 17.8 Å². The lowest BCUT2D eigenvalue weighted by molar-refractivity contribution is -0.0312. The second-order valence-electron chi connectivity index (χ2n) is 9.57. The molecule has 0 spiro atoms. The maximum Gasteiger partial charge on any atom is 0.414 e. The molecule has 4 heteroatoms. The molecule has 3 saturated heterocycles.